The highest BCUT2D eigenvalue weighted by atomic mass is 19.1. The van der Waals surface area contributed by atoms with Crippen LogP contribution in [-0.2, 0) is 0 Å². The van der Waals surface area contributed by atoms with Crippen LogP contribution in [0.3, 0.4) is 0 Å². The first-order valence-electron chi connectivity index (χ1n) is 3.71. The fourth-order valence-corrected chi connectivity index (χ4v) is 0.813. The third kappa shape index (κ3) is 4.50. The van der Waals surface area contributed by atoms with Gasteiger partial charge in [0, 0.05) is 6.42 Å². The molecule has 60 valence electrons. The molecule has 0 heterocycles. The molecule has 1 atom stereocenters. The van der Waals surface area contributed by atoms with Gasteiger partial charge in [-0.1, -0.05) is 19.4 Å². The van der Waals surface area contributed by atoms with Crippen LogP contribution >= 0.6 is 0 Å². The van der Waals surface area contributed by atoms with E-state index in [0.29, 0.717) is 6.42 Å². The molecular formula is C8H16FN. The Hall–Kier alpha value is -0.370. The van der Waals surface area contributed by atoms with Crippen LogP contribution in [0, 0.1) is 0 Å². The van der Waals surface area contributed by atoms with Crippen molar-refractivity contribution >= 4 is 0 Å². The molecule has 10 heavy (non-hydrogen) atoms. The fraction of sp³-hybridized carbons (Fsp3) is 0.750. The van der Waals surface area contributed by atoms with Crippen LogP contribution in [0.4, 0.5) is 4.39 Å². The quantitative estimate of drug-likeness (QED) is 0.466. The van der Waals surface area contributed by atoms with Gasteiger partial charge in [0.25, 0.3) is 0 Å². The zero-order valence-electron chi connectivity index (χ0n) is 6.57. The van der Waals surface area contributed by atoms with E-state index in [0.717, 1.165) is 12.8 Å². The second-order valence-electron chi connectivity index (χ2n) is 2.63. The van der Waals surface area contributed by atoms with Crippen molar-refractivity contribution in [2.24, 2.45) is 5.73 Å². The smallest absolute Gasteiger partial charge is 0.162 e. The monoisotopic (exact) mass is 145 g/mol. The Kier molecular flexibility index (Phi) is 4.28. The van der Waals surface area contributed by atoms with E-state index in [1.165, 1.54) is 6.08 Å². The molecule has 1 unspecified atom stereocenters. The van der Waals surface area contributed by atoms with Crippen molar-refractivity contribution < 1.29 is 4.39 Å². The summed E-state index contributed by atoms with van der Waals surface area (Å²) < 4.78 is 13.0. The molecule has 0 aromatic rings. The van der Waals surface area contributed by atoms with Crippen LogP contribution in [0.1, 0.15) is 32.6 Å². The molecule has 0 saturated carbocycles. The number of hydrogen-bond acceptors (Lipinski definition) is 1. The molecule has 0 bridgehead atoms. The first-order chi connectivity index (χ1) is 4.62. The number of alkyl halides is 1. The van der Waals surface area contributed by atoms with E-state index in [2.05, 4.69) is 6.58 Å². The molecule has 1 nitrogen and oxygen atoms in total. The Bertz CT molecular complexity index is 99.4. The topological polar surface area (TPSA) is 26.0 Å². The third-order valence-electron chi connectivity index (χ3n) is 1.43. The molecule has 0 spiro atoms. The fourth-order valence-electron chi connectivity index (χ4n) is 0.813. The van der Waals surface area contributed by atoms with Crippen LogP contribution in [0.15, 0.2) is 12.7 Å². The number of unbranched alkanes of at least 4 members (excludes halogenated alkanes) is 1. The van der Waals surface area contributed by atoms with Gasteiger partial charge >= 0.3 is 0 Å². The normalized spacial score (nSPS) is 16.3. The molecule has 0 amide bonds. The van der Waals surface area contributed by atoms with Crippen molar-refractivity contribution in [2.75, 3.05) is 0 Å². The lowest BCUT2D eigenvalue weighted by molar-refractivity contribution is 0.158. The third-order valence-corrected chi connectivity index (χ3v) is 1.43. The Morgan fingerprint density at radius 3 is 2.70 bits per heavy atom. The number of halogens is 1. The number of hydrogen-bond donors (Lipinski definition) is 1. The standard InChI is InChI=1S/C8H16FN/c1-3-5-7-8(9,10)6-4-2/h4H,2-3,5-7,10H2,1H3. The average molecular weight is 145 g/mol. The number of rotatable bonds is 5. The second kappa shape index (κ2) is 4.45. The summed E-state index contributed by atoms with van der Waals surface area (Å²) in [5.41, 5.74) is 5.28. The van der Waals surface area contributed by atoms with Crippen LogP contribution in [0.2, 0.25) is 0 Å². The van der Waals surface area contributed by atoms with Crippen LogP contribution in [-0.4, -0.2) is 5.79 Å². The molecular weight excluding hydrogens is 129 g/mol. The van der Waals surface area contributed by atoms with E-state index in [9.17, 15) is 4.39 Å². The molecule has 2 heteroatoms. The Labute approximate surface area is 62.1 Å². The molecule has 0 aromatic carbocycles. The average Bonchev–Trinajstić information content (AvgIpc) is 1.84. The zero-order valence-corrected chi connectivity index (χ0v) is 6.57. The molecule has 0 saturated heterocycles. The second-order valence-corrected chi connectivity index (χ2v) is 2.63. The summed E-state index contributed by atoms with van der Waals surface area (Å²) in [6.07, 6.45) is 4.05. The lowest BCUT2D eigenvalue weighted by Crippen LogP contribution is -2.33. The van der Waals surface area contributed by atoms with Crippen LogP contribution in [0.25, 0.3) is 0 Å². The highest BCUT2D eigenvalue weighted by molar-refractivity contribution is 4.81. The minimum atomic E-state index is -1.52. The van der Waals surface area contributed by atoms with E-state index >= 15 is 0 Å². The molecule has 0 aromatic heterocycles. The highest BCUT2D eigenvalue weighted by Gasteiger charge is 2.20. The van der Waals surface area contributed by atoms with Crippen molar-refractivity contribution in [2.45, 2.75) is 38.4 Å². The summed E-state index contributed by atoms with van der Waals surface area (Å²) in [5, 5.41) is 0. The van der Waals surface area contributed by atoms with Crippen LogP contribution < -0.4 is 5.73 Å². The Balaban J connectivity index is 3.51. The maximum atomic E-state index is 13.0. The summed E-state index contributed by atoms with van der Waals surface area (Å²) in [5.74, 6) is -1.52. The van der Waals surface area contributed by atoms with Gasteiger partial charge in [0.15, 0.2) is 5.79 Å². The van der Waals surface area contributed by atoms with Gasteiger partial charge in [0.05, 0.1) is 0 Å². The van der Waals surface area contributed by atoms with E-state index < -0.39 is 5.79 Å². The predicted molar refractivity (Wildman–Crippen MR) is 42.4 cm³/mol. The highest BCUT2D eigenvalue weighted by Crippen LogP contribution is 2.16. The first-order valence-corrected chi connectivity index (χ1v) is 3.71. The van der Waals surface area contributed by atoms with Gasteiger partial charge in [0.2, 0.25) is 0 Å². The van der Waals surface area contributed by atoms with Gasteiger partial charge in [-0.25, -0.2) is 4.39 Å². The van der Waals surface area contributed by atoms with Crippen molar-refractivity contribution in [3.05, 3.63) is 12.7 Å². The van der Waals surface area contributed by atoms with E-state index in [-0.39, 0.29) is 6.42 Å². The zero-order chi connectivity index (χ0) is 8.04. The lowest BCUT2D eigenvalue weighted by Gasteiger charge is -2.17. The van der Waals surface area contributed by atoms with Gasteiger partial charge in [-0.2, -0.15) is 0 Å². The molecule has 0 fully saturated rings. The molecule has 0 aliphatic carbocycles. The van der Waals surface area contributed by atoms with Gasteiger partial charge in [0.1, 0.15) is 0 Å². The minimum Gasteiger partial charge on any atom is -0.299 e. The van der Waals surface area contributed by atoms with Crippen LogP contribution in [0.5, 0.6) is 0 Å². The van der Waals surface area contributed by atoms with E-state index in [4.69, 9.17) is 5.73 Å². The predicted octanol–water partition coefficient (Wildman–Crippen LogP) is 2.38. The largest absolute Gasteiger partial charge is 0.299 e. The Morgan fingerprint density at radius 1 is 1.70 bits per heavy atom. The number of nitrogens with two attached hydrogens (primary N) is 1. The summed E-state index contributed by atoms with van der Waals surface area (Å²) in [6.45, 7) is 5.45. The molecule has 0 aliphatic heterocycles. The van der Waals surface area contributed by atoms with Crippen molar-refractivity contribution in [3.8, 4) is 0 Å². The lowest BCUT2D eigenvalue weighted by atomic mass is 10.1. The van der Waals surface area contributed by atoms with Crippen molar-refractivity contribution in [1.82, 2.24) is 0 Å². The van der Waals surface area contributed by atoms with Gasteiger partial charge in [-0.3, -0.25) is 5.73 Å². The molecule has 0 aliphatic rings. The van der Waals surface area contributed by atoms with Gasteiger partial charge in [-0.05, 0) is 12.8 Å². The SMILES string of the molecule is C=CCC(N)(F)CCCC. The minimum absolute atomic E-state index is 0.257. The summed E-state index contributed by atoms with van der Waals surface area (Å²) in [6, 6.07) is 0. The van der Waals surface area contributed by atoms with E-state index in [1.54, 1.807) is 0 Å². The van der Waals surface area contributed by atoms with E-state index in [1.807, 2.05) is 6.92 Å². The van der Waals surface area contributed by atoms with Gasteiger partial charge < -0.3 is 0 Å². The Morgan fingerprint density at radius 2 is 2.30 bits per heavy atom. The molecule has 0 radical (unpaired) electrons. The van der Waals surface area contributed by atoms with Gasteiger partial charge in [-0.15, -0.1) is 6.58 Å². The molecule has 0 rings (SSSR count). The summed E-state index contributed by atoms with van der Waals surface area (Å²) in [7, 11) is 0. The maximum Gasteiger partial charge on any atom is 0.162 e. The van der Waals surface area contributed by atoms with Crippen molar-refractivity contribution in [1.29, 1.82) is 0 Å². The summed E-state index contributed by atoms with van der Waals surface area (Å²) in [4.78, 5) is 0. The van der Waals surface area contributed by atoms with Crippen molar-refractivity contribution in [3.63, 3.8) is 0 Å². The molecule has 2 N–H and O–H groups in total. The maximum absolute atomic E-state index is 13.0. The first kappa shape index (κ1) is 9.63. The summed E-state index contributed by atoms with van der Waals surface area (Å²) >= 11 is 0.